The van der Waals surface area contributed by atoms with E-state index in [-0.39, 0.29) is 18.3 Å². The standard InChI is InChI=1S/C16H15F3N4O2/c1-25-15(24)11-5-4-10(21-14(11)9-2-3-9)8-20-13-7-6-12(22-23-13)16(17,18)19/h4-7,9H,2-3,8H2,1H3,(H,20,23). The Bertz CT molecular complexity index is 774. The number of rotatable bonds is 5. The highest BCUT2D eigenvalue weighted by atomic mass is 19.4. The highest BCUT2D eigenvalue weighted by Crippen LogP contribution is 2.40. The van der Waals surface area contributed by atoms with Crippen LogP contribution in [0.1, 0.15) is 46.2 Å². The summed E-state index contributed by atoms with van der Waals surface area (Å²) in [6, 6.07) is 5.39. The Kier molecular flexibility index (Phi) is 4.56. The van der Waals surface area contributed by atoms with Crippen molar-refractivity contribution in [3.05, 3.63) is 46.9 Å². The minimum absolute atomic E-state index is 0.208. The third-order valence-corrected chi connectivity index (χ3v) is 3.76. The lowest BCUT2D eigenvalue weighted by Gasteiger charge is -2.10. The third kappa shape index (κ3) is 4.04. The molecule has 0 atom stereocenters. The van der Waals surface area contributed by atoms with Gasteiger partial charge in [-0.2, -0.15) is 13.2 Å². The van der Waals surface area contributed by atoms with Gasteiger partial charge in [0.25, 0.3) is 0 Å². The molecule has 0 spiro atoms. The molecule has 0 bridgehead atoms. The number of pyridine rings is 1. The maximum Gasteiger partial charge on any atom is 0.435 e. The van der Waals surface area contributed by atoms with Crippen LogP contribution in [-0.2, 0) is 17.5 Å². The summed E-state index contributed by atoms with van der Waals surface area (Å²) in [5.74, 6) is 0.0299. The maximum atomic E-state index is 12.5. The van der Waals surface area contributed by atoms with Gasteiger partial charge < -0.3 is 10.1 Å². The Balaban J connectivity index is 1.71. The van der Waals surface area contributed by atoms with E-state index in [9.17, 15) is 18.0 Å². The Morgan fingerprint density at radius 1 is 1.24 bits per heavy atom. The monoisotopic (exact) mass is 352 g/mol. The Hall–Kier alpha value is -2.71. The van der Waals surface area contributed by atoms with E-state index in [1.54, 1.807) is 12.1 Å². The van der Waals surface area contributed by atoms with Crippen LogP contribution < -0.4 is 5.32 Å². The van der Waals surface area contributed by atoms with Crippen LogP contribution in [0.3, 0.4) is 0 Å². The summed E-state index contributed by atoms with van der Waals surface area (Å²) in [6.07, 6.45) is -2.58. The van der Waals surface area contributed by atoms with E-state index in [4.69, 9.17) is 4.74 Å². The largest absolute Gasteiger partial charge is 0.465 e. The Morgan fingerprint density at radius 2 is 2.00 bits per heavy atom. The van der Waals surface area contributed by atoms with E-state index in [1.165, 1.54) is 13.2 Å². The number of anilines is 1. The molecule has 1 saturated carbocycles. The molecule has 0 unspecified atom stereocenters. The fraction of sp³-hybridized carbons (Fsp3) is 0.375. The number of carbonyl (C=O) groups excluding carboxylic acids is 1. The van der Waals surface area contributed by atoms with Crippen LogP contribution in [0.4, 0.5) is 19.0 Å². The summed E-state index contributed by atoms with van der Waals surface area (Å²) in [5.41, 5.74) is 0.749. The maximum absolute atomic E-state index is 12.5. The van der Waals surface area contributed by atoms with Crippen molar-refractivity contribution in [2.24, 2.45) is 0 Å². The molecule has 0 saturated heterocycles. The number of halogens is 3. The van der Waals surface area contributed by atoms with Crippen molar-refractivity contribution in [1.29, 1.82) is 0 Å². The van der Waals surface area contributed by atoms with E-state index in [2.05, 4.69) is 20.5 Å². The minimum atomic E-state index is -4.52. The van der Waals surface area contributed by atoms with Crippen molar-refractivity contribution in [2.75, 3.05) is 12.4 Å². The van der Waals surface area contributed by atoms with Crippen molar-refractivity contribution < 1.29 is 22.7 Å². The molecule has 0 aliphatic heterocycles. The Labute approximate surface area is 141 Å². The van der Waals surface area contributed by atoms with Gasteiger partial charge >= 0.3 is 12.1 Å². The van der Waals surface area contributed by atoms with Crippen LogP contribution in [0, 0.1) is 0 Å². The van der Waals surface area contributed by atoms with Gasteiger partial charge in [-0.25, -0.2) is 4.79 Å². The topological polar surface area (TPSA) is 77.0 Å². The molecule has 0 radical (unpaired) electrons. The molecular weight excluding hydrogens is 337 g/mol. The fourth-order valence-electron chi connectivity index (χ4n) is 2.32. The summed E-state index contributed by atoms with van der Waals surface area (Å²) in [7, 11) is 1.32. The highest BCUT2D eigenvalue weighted by molar-refractivity contribution is 5.90. The number of nitrogens with one attached hydrogen (secondary N) is 1. The molecular formula is C16H15F3N4O2. The van der Waals surface area contributed by atoms with Gasteiger partial charge in [0.05, 0.1) is 30.6 Å². The summed E-state index contributed by atoms with van der Waals surface area (Å²) in [4.78, 5) is 16.3. The van der Waals surface area contributed by atoms with Crippen molar-refractivity contribution in [2.45, 2.75) is 31.5 Å². The van der Waals surface area contributed by atoms with Gasteiger partial charge in [-0.1, -0.05) is 0 Å². The average molecular weight is 352 g/mol. The van der Waals surface area contributed by atoms with Crippen LogP contribution >= 0.6 is 0 Å². The molecule has 2 heterocycles. The average Bonchev–Trinajstić information content (AvgIpc) is 3.43. The van der Waals surface area contributed by atoms with Crippen LogP contribution in [0.25, 0.3) is 0 Å². The van der Waals surface area contributed by atoms with Gasteiger partial charge in [0.15, 0.2) is 5.69 Å². The molecule has 3 rings (SSSR count). The van der Waals surface area contributed by atoms with Crippen LogP contribution in [0.15, 0.2) is 24.3 Å². The zero-order chi connectivity index (χ0) is 18.0. The van der Waals surface area contributed by atoms with E-state index >= 15 is 0 Å². The number of aromatic nitrogens is 3. The number of ether oxygens (including phenoxy) is 1. The van der Waals surface area contributed by atoms with Crippen LogP contribution in [-0.4, -0.2) is 28.3 Å². The number of carbonyl (C=O) groups is 1. The quantitative estimate of drug-likeness (QED) is 0.833. The van der Waals surface area contributed by atoms with Crippen LogP contribution in [0.5, 0.6) is 0 Å². The molecule has 1 fully saturated rings. The molecule has 1 aliphatic rings. The molecule has 132 valence electrons. The summed E-state index contributed by atoms with van der Waals surface area (Å²) < 4.78 is 42.1. The summed E-state index contributed by atoms with van der Waals surface area (Å²) in [6.45, 7) is 0.251. The number of alkyl halides is 3. The second kappa shape index (κ2) is 6.66. The second-order valence-corrected chi connectivity index (χ2v) is 5.66. The SMILES string of the molecule is COC(=O)c1ccc(CNc2ccc(C(F)(F)F)nn2)nc1C1CC1. The van der Waals surface area contributed by atoms with Crippen LogP contribution in [0.2, 0.25) is 0 Å². The van der Waals surface area contributed by atoms with Gasteiger partial charge in [-0.15, -0.1) is 10.2 Å². The highest BCUT2D eigenvalue weighted by Gasteiger charge is 2.33. The van der Waals surface area contributed by atoms with Gasteiger partial charge in [-0.3, -0.25) is 4.98 Å². The predicted molar refractivity (Wildman–Crippen MR) is 81.9 cm³/mol. The molecule has 9 heteroatoms. The van der Waals surface area contributed by atoms with Crippen molar-refractivity contribution in [3.8, 4) is 0 Å². The zero-order valence-electron chi connectivity index (χ0n) is 13.3. The molecule has 1 aliphatic carbocycles. The van der Waals surface area contributed by atoms with E-state index in [0.717, 1.165) is 18.9 Å². The molecule has 6 nitrogen and oxygen atoms in total. The first-order valence-electron chi connectivity index (χ1n) is 7.61. The van der Waals surface area contributed by atoms with E-state index in [1.807, 2.05) is 0 Å². The normalized spacial score (nSPS) is 14.2. The second-order valence-electron chi connectivity index (χ2n) is 5.66. The summed E-state index contributed by atoms with van der Waals surface area (Å²) in [5, 5.41) is 9.52. The van der Waals surface area contributed by atoms with E-state index in [0.29, 0.717) is 17.0 Å². The first-order chi connectivity index (χ1) is 11.9. The van der Waals surface area contributed by atoms with Crippen molar-refractivity contribution in [3.63, 3.8) is 0 Å². The fourth-order valence-corrected chi connectivity index (χ4v) is 2.32. The van der Waals surface area contributed by atoms with Gasteiger partial charge in [0.1, 0.15) is 5.82 Å². The molecule has 2 aromatic heterocycles. The third-order valence-electron chi connectivity index (χ3n) is 3.76. The smallest absolute Gasteiger partial charge is 0.435 e. The Morgan fingerprint density at radius 3 is 2.56 bits per heavy atom. The molecule has 0 aromatic carbocycles. The van der Waals surface area contributed by atoms with Gasteiger partial charge in [0, 0.05) is 5.92 Å². The molecule has 25 heavy (non-hydrogen) atoms. The first-order valence-corrected chi connectivity index (χ1v) is 7.61. The minimum Gasteiger partial charge on any atom is -0.465 e. The van der Waals surface area contributed by atoms with Crippen molar-refractivity contribution in [1.82, 2.24) is 15.2 Å². The number of hydrogen-bond acceptors (Lipinski definition) is 6. The molecule has 0 amide bonds. The zero-order valence-corrected chi connectivity index (χ0v) is 13.3. The first kappa shape index (κ1) is 17.1. The van der Waals surface area contributed by atoms with Gasteiger partial charge in [0.2, 0.25) is 0 Å². The lowest BCUT2D eigenvalue weighted by Crippen LogP contribution is -2.12. The van der Waals surface area contributed by atoms with E-state index < -0.39 is 17.8 Å². The number of nitrogens with zero attached hydrogens (tertiary/aromatic N) is 3. The lowest BCUT2D eigenvalue weighted by molar-refractivity contribution is -0.141. The number of methoxy groups -OCH3 is 1. The van der Waals surface area contributed by atoms with Gasteiger partial charge in [-0.05, 0) is 37.1 Å². The molecule has 1 N–H and O–H groups in total. The number of esters is 1. The predicted octanol–water partition coefficient (Wildman–Crippen LogP) is 3.17. The lowest BCUT2D eigenvalue weighted by atomic mass is 10.1. The summed E-state index contributed by atoms with van der Waals surface area (Å²) >= 11 is 0. The van der Waals surface area contributed by atoms with Crippen molar-refractivity contribution >= 4 is 11.8 Å². The molecule has 2 aromatic rings. The number of hydrogen-bond donors (Lipinski definition) is 1.